The lowest BCUT2D eigenvalue weighted by Crippen LogP contribution is -2.30. The number of benzene rings is 2. The minimum absolute atomic E-state index is 0.289. The summed E-state index contributed by atoms with van der Waals surface area (Å²) in [5.41, 5.74) is 4.43. The number of anilines is 2. The normalized spacial score (nSPS) is 11.9. The molecule has 3 aromatic rings. The number of methoxy groups -OCH3 is 1. The molecule has 0 fully saturated rings. The number of ether oxygens (including phenoxy) is 1. The van der Waals surface area contributed by atoms with E-state index < -0.39 is 6.09 Å². The Kier molecular flexibility index (Phi) is 12.8. The van der Waals surface area contributed by atoms with Crippen LogP contribution < -0.4 is 32.6 Å². The van der Waals surface area contributed by atoms with Gasteiger partial charge in [0.05, 0.1) is 24.5 Å². The SMILES string of the molecule is CNCCCCC[C@H](NC(=O)/C=C/c1cc(Cl)ccc1N(N)/C=N\N)c1cc(-c2ccc(NC(=O)OC)cc2)ccn1. The number of nitrogens with one attached hydrogen (secondary N) is 3. The van der Waals surface area contributed by atoms with Gasteiger partial charge in [-0.2, -0.15) is 5.10 Å². The number of unbranched alkanes of at least 4 members (excludes halogenated alkanes) is 2. The number of nitrogens with zero attached hydrogens (tertiary/aromatic N) is 3. The highest BCUT2D eigenvalue weighted by atomic mass is 35.5. The Balaban J connectivity index is 1.81. The Morgan fingerprint density at radius 3 is 2.60 bits per heavy atom. The van der Waals surface area contributed by atoms with E-state index in [2.05, 4.69) is 30.8 Å². The molecule has 11 nitrogen and oxygen atoms in total. The number of carbonyl (C=O) groups excluding carboxylic acids is 2. The molecule has 3 rings (SSSR count). The highest BCUT2D eigenvalue weighted by Gasteiger charge is 2.16. The van der Waals surface area contributed by atoms with Crippen molar-refractivity contribution < 1.29 is 14.3 Å². The highest BCUT2D eigenvalue weighted by Crippen LogP contribution is 2.27. The van der Waals surface area contributed by atoms with Crippen LogP contribution >= 0.6 is 11.6 Å². The zero-order chi connectivity index (χ0) is 30.3. The van der Waals surface area contributed by atoms with E-state index in [4.69, 9.17) is 23.3 Å². The minimum atomic E-state index is -0.535. The van der Waals surface area contributed by atoms with E-state index >= 15 is 0 Å². The lowest BCUT2D eigenvalue weighted by Gasteiger charge is -2.19. The summed E-state index contributed by atoms with van der Waals surface area (Å²) in [5.74, 6) is 10.9. The summed E-state index contributed by atoms with van der Waals surface area (Å²) in [4.78, 5) is 29.2. The average molecular weight is 593 g/mol. The second-order valence-electron chi connectivity index (χ2n) is 9.39. The van der Waals surface area contributed by atoms with Gasteiger partial charge in [-0.05, 0) is 86.1 Å². The van der Waals surface area contributed by atoms with Gasteiger partial charge in [0, 0.05) is 28.5 Å². The van der Waals surface area contributed by atoms with Gasteiger partial charge in [-0.3, -0.25) is 20.1 Å². The summed E-state index contributed by atoms with van der Waals surface area (Å²) in [6, 6.07) is 16.0. The van der Waals surface area contributed by atoms with Crippen molar-refractivity contribution in [3.8, 4) is 11.1 Å². The summed E-state index contributed by atoms with van der Waals surface area (Å²) in [6.45, 7) is 0.934. The first-order valence-corrected chi connectivity index (χ1v) is 13.8. The molecule has 1 atom stereocenters. The number of rotatable bonds is 14. The van der Waals surface area contributed by atoms with E-state index in [1.54, 1.807) is 42.6 Å². The van der Waals surface area contributed by atoms with Crippen LogP contribution in [0.5, 0.6) is 0 Å². The number of aromatic nitrogens is 1. The molecular weight excluding hydrogens is 556 g/mol. The Bertz CT molecular complexity index is 1380. The fourth-order valence-electron chi connectivity index (χ4n) is 4.27. The van der Waals surface area contributed by atoms with E-state index in [-0.39, 0.29) is 11.9 Å². The predicted molar refractivity (Wildman–Crippen MR) is 169 cm³/mol. The molecule has 0 radical (unpaired) electrons. The number of hydrazine groups is 1. The number of nitrogens with two attached hydrogens (primary N) is 2. The van der Waals surface area contributed by atoms with E-state index in [1.807, 2.05) is 31.3 Å². The van der Waals surface area contributed by atoms with Crippen molar-refractivity contribution >= 4 is 47.4 Å². The van der Waals surface area contributed by atoms with Crippen molar-refractivity contribution in [2.24, 2.45) is 16.8 Å². The third-order valence-electron chi connectivity index (χ3n) is 6.40. The number of amides is 2. The Morgan fingerprint density at radius 2 is 1.88 bits per heavy atom. The van der Waals surface area contributed by atoms with E-state index in [0.29, 0.717) is 28.4 Å². The van der Waals surface area contributed by atoms with Gasteiger partial charge < -0.3 is 21.2 Å². The van der Waals surface area contributed by atoms with Gasteiger partial charge in [0.1, 0.15) is 6.34 Å². The second-order valence-corrected chi connectivity index (χ2v) is 9.82. The van der Waals surface area contributed by atoms with Gasteiger partial charge in [0.25, 0.3) is 0 Å². The molecule has 2 amide bonds. The standard InChI is InChI=1S/C30H37ClN8O3/c1-34-16-5-3-4-6-26(38-29(40)14-9-23-18-24(31)10-13-28(23)39(33)20-36-32)27-19-22(15-17-35-27)21-7-11-25(12-8-21)37-30(41)42-2/h7-15,17-20,26,34H,3-6,16,32-33H2,1-2H3,(H,37,41)(H,38,40)/b14-9+,36-20-/t26-/m0/s1. The number of hydrogen-bond donors (Lipinski definition) is 5. The van der Waals surface area contributed by atoms with Crippen molar-refractivity contribution in [2.75, 3.05) is 31.0 Å². The number of hydrogen-bond acceptors (Lipinski definition) is 8. The molecule has 0 aliphatic carbocycles. The van der Waals surface area contributed by atoms with Crippen molar-refractivity contribution in [2.45, 2.75) is 31.7 Å². The molecule has 7 N–H and O–H groups in total. The molecule has 0 spiro atoms. The number of pyridine rings is 1. The van der Waals surface area contributed by atoms with Crippen LogP contribution in [0.4, 0.5) is 16.2 Å². The molecular formula is C30H37ClN8O3. The maximum absolute atomic E-state index is 13.1. The molecule has 1 heterocycles. The maximum Gasteiger partial charge on any atom is 0.411 e. The summed E-state index contributed by atoms with van der Waals surface area (Å²) in [7, 11) is 3.25. The Hall–Kier alpha value is -4.45. The van der Waals surface area contributed by atoms with Crippen LogP contribution in [0.3, 0.4) is 0 Å². The van der Waals surface area contributed by atoms with Gasteiger partial charge in [-0.15, -0.1) is 0 Å². The van der Waals surface area contributed by atoms with Crippen molar-refractivity contribution in [3.63, 3.8) is 0 Å². The first-order chi connectivity index (χ1) is 20.3. The van der Waals surface area contributed by atoms with Crippen LogP contribution in [-0.2, 0) is 9.53 Å². The van der Waals surface area contributed by atoms with Crippen LogP contribution in [0.2, 0.25) is 5.02 Å². The lowest BCUT2D eigenvalue weighted by atomic mass is 10.00. The van der Waals surface area contributed by atoms with Crippen LogP contribution in [0.1, 0.15) is 43.0 Å². The first-order valence-electron chi connectivity index (χ1n) is 13.5. The van der Waals surface area contributed by atoms with E-state index in [9.17, 15) is 9.59 Å². The average Bonchev–Trinajstić information content (AvgIpc) is 2.99. The third kappa shape index (κ3) is 9.88. The molecule has 0 saturated heterocycles. The molecule has 12 heteroatoms. The first kappa shape index (κ1) is 32.1. The zero-order valence-corrected chi connectivity index (χ0v) is 24.5. The lowest BCUT2D eigenvalue weighted by molar-refractivity contribution is -0.117. The number of carbonyl (C=O) groups is 2. The van der Waals surface area contributed by atoms with Crippen LogP contribution in [0.15, 0.2) is 72.0 Å². The largest absolute Gasteiger partial charge is 0.453 e. The van der Waals surface area contributed by atoms with Gasteiger partial charge in [0.2, 0.25) is 5.91 Å². The fraction of sp³-hybridized carbons (Fsp3) is 0.267. The van der Waals surface area contributed by atoms with Crippen molar-refractivity contribution in [1.82, 2.24) is 15.6 Å². The molecule has 1 aromatic heterocycles. The molecule has 0 bridgehead atoms. The van der Waals surface area contributed by atoms with Crippen molar-refractivity contribution in [1.29, 1.82) is 0 Å². The number of halogens is 1. The van der Waals surface area contributed by atoms with Gasteiger partial charge in [-0.25, -0.2) is 10.6 Å². The summed E-state index contributed by atoms with van der Waals surface area (Å²) in [6.07, 6.45) is 9.21. The molecule has 0 aliphatic rings. The van der Waals surface area contributed by atoms with E-state index in [1.165, 1.54) is 24.5 Å². The van der Waals surface area contributed by atoms with Gasteiger partial charge >= 0.3 is 6.09 Å². The highest BCUT2D eigenvalue weighted by molar-refractivity contribution is 6.30. The Labute approximate surface area is 250 Å². The molecule has 2 aromatic carbocycles. The van der Waals surface area contributed by atoms with Gasteiger partial charge in [-0.1, -0.05) is 36.6 Å². The van der Waals surface area contributed by atoms with Crippen LogP contribution in [0.25, 0.3) is 17.2 Å². The van der Waals surface area contributed by atoms with Crippen LogP contribution in [0, 0.1) is 0 Å². The molecule has 222 valence electrons. The third-order valence-corrected chi connectivity index (χ3v) is 6.63. The van der Waals surface area contributed by atoms with Gasteiger partial charge in [0.15, 0.2) is 0 Å². The molecule has 0 aliphatic heterocycles. The molecule has 0 saturated carbocycles. The summed E-state index contributed by atoms with van der Waals surface area (Å²) >= 11 is 6.19. The quantitative estimate of drug-likeness (QED) is 0.0445. The second kappa shape index (κ2) is 16.7. The smallest absolute Gasteiger partial charge is 0.411 e. The molecule has 42 heavy (non-hydrogen) atoms. The summed E-state index contributed by atoms with van der Waals surface area (Å²) < 4.78 is 4.65. The zero-order valence-electron chi connectivity index (χ0n) is 23.7. The molecule has 0 unspecified atom stereocenters. The predicted octanol–water partition coefficient (Wildman–Crippen LogP) is 4.81. The Morgan fingerprint density at radius 1 is 1.10 bits per heavy atom. The monoisotopic (exact) mass is 592 g/mol. The van der Waals surface area contributed by atoms with E-state index in [0.717, 1.165) is 42.6 Å². The number of hydrazone groups is 1. The fourth-order valence-corrected chi connectivity index (χ4v) is 4.45. The minimum Gasteiger partial charge on any atom is -0.453 e. The summed E-state index contributed by atoms with van der Waals surface area (Å²) in [5, 5.41) is 14.1. The van der Waals surface area contributed by atoms with Crippen LogP contribution in [-0.4, -0.2) is 44.0 Å². The topological polar surface area (TPSA) is 160 Å². The maximum atomic E-state index is 13.1. The van der Waals surface area contributed by atoms with Crippen molar-refractivity contribution in [3.05, 3.63) is 83.2 Å².